The van der Waals surface area contributed by atoms with Gasteiger partial charge in [0.05, 0.1) is 16.4 Å². The molecule has 90 heavy (non-hydrogen) atoms. The summed E-state index contributed by atoms with van der Waals surface area (Å²) < 4.78 is 2.45. The third-order valence-corrected chi connectivity index (χ3v) is 17.7. The molecule has 0 spiro atoms. The first-order valence-corrected chi connectivity index (χ1v) is 30.8. The van der Waals surface area contributed by atoms with Crippen molar-refractivity contribution in [1.29, 1.82) is 0 Å². The number of para-hydroxylation sites is 10. The van der Waals surface area contributed by atoms with Gasteiger partial charge in [0.15, 0.2) is 0 Å². The monoisotopic (exact) mass is 1150 g/mol. The molecule has 0 unspecified atom stereocenters. The van der Waals surface area contributed by atoms with Crippen molar-refractivity contribution in [1.82, 2.24) is 4.57 Å². The molecule has 15 aromatic rings. The van der Waals surface area contributed by atoms with Crippen LogP contribution < -0.4 is 19.6 Å². The minimum atomic E-state index is -1.03. The van der Waals surface area contributed by atoms with Crippen LogP contribution in [0.1, 0.15) is 22.3 Å². The van der Waals surface area contributed by atoms with Crippen LogP contribution in [0.15, 0.2) is 370 Å². The summed E-state index contributed by atoms with van der Waals surface area (Å²) in [7, 11) is 0. The van der Waals surface area contributed by atoms with Crippen LogP contribution in [-0.2, 0) is 5.41 Å². The van der Waals surface area contributed by atoms with Gasteiger partial charge in [-0.25, -0.2) is 0 Å². The molecule has 426 valence electrons. The second-order valence-electron chi connectivity index (χ2n) is 22.9. The van der Waals surface area contributed by atoms with Crippen LogP contribution >= 0.6 is 0 Å². The van der Waals surface area contributed by atoms with Crippen molar-refractivity contribution in [2.75, 3.05) is 19.6 Å². The molecule has 1 aliphatic carbocycles. The minimum absolute atomic E-state index is 1.01. The number of fused-ring (bicyclic) bond motifs is 6. The SMILES string of the molecule is c1ccc(N(c2ccccc2)c2cc(N(c3ccccc3)c3ccccc3)cc(C3(c4cc(N(c5ccccc5)c5ccccc5)cc(N(c5ccccc5)c5ccccc5)c4)c4ccccc4-c4cc5c(cc43)c3ccccc3n5-c3ccccc3)c2)cc1. The zero-order valence-corrected chi connectivity index (χ0v) is 49.5. The molecule has 14 aromatic carbocycles. The third kappa shape index (κ3) is 9.36. The molecule has 0 saturated carbocycles. The maximum absolute atomic E-state index is 2.56. The van der Waals surface area contributed by atoms with Gasteiger partial charge >= 0.3 is 0 Å². The predicted octanol–water partition coefficient (Wildman–Crippen LogP) is 23.0. The smallest absolute Gasteiger partial charge is 0.0716 e. The number of anilines is 12. The summed E-state index contributed by atoms with van der Waals surface area (Å²) in [4.78, 5) is 9.70. The van der Waals surface area contributed by atoms with Crippen molar-refractivity contribution in [3.63, 3.8) is 0 Å². The van der Waals surface area contributed by atoms with E-state index in [1.807, 2.05) is 0 Å². The Labute approximate surface area is 525 Å². The van der Waals surface area contributed by atoms with E-state index in [9.17, 15) is 0 Å². The van der Waals surface area contributed by atoms with Crippen LogP contribution in [0.5, 0.6) is 0 Å². The van der Waals surface area contributed by atoms with Crippen molar-refractivity contribution in [3.8, 4) is 16.8 Å². The van der Waals surface area contributed by atoms with Crippen LogP contribution in [0.3, 0.4) is 0 Å². The van der Waals surface area contributed by atoms with Gasteiger partial charge in [-0.3, -0.25) is 0 Å². The average Bonchev–Trinajstić information content (AvgIpc) is 1.54. The Kier molecular flexibility index (Phi) is 13.7. The molecule has 0 amide bonds. The number of aromatic nitrogens is 1. The van der Waals surface area contributed by atoms with Gasteiger partial charge in [-0.2, -0.15) is 0 Å². The molecule has 0 bridgehead atoms. The lowest BCUT2D eigenvalue weighted by molar-refractivity contribution is 0.769. The molecule has 1 aromatic heterocycles. The first-order valence-electron chi connectivity index (χ1n) is 30.8. The zero-order chi connectivity index (χ0) is 59.8. The van der Waals surface area contributed by atoms with E-state index < -0.39 is 5.41 Å². The molecule has 5 nitrogen and oxygen atoms in total. The Hall–Kier alpha value is -11.9. The van der Waals surface area contributed by atoms with Crippen LogP contribution in [0.25, 0.3) is 38.6 Å². The molecule has 1 heterocycles. The Morgan fingerprint density at radius 3 is 0.856 bits per heavy atom. The summed E-state index contributed by atoms with van der Waals surface area (Å²) in [6, 6.07) is 135. The lowest BCUT2D eigenvalue weighted by Gasteiger charge is -2.38. The van der Waals surface area contributed by atoms with Gasteiger partial charge in [0, 0.05) is 84.7 Å². The second-order valence-corrected chi connectivity index (χ2v) is 22.9. The van der Waals surface area contributed by atoms with Crippen molar-refractivity contribution >= 4 is 90.1 Å². The summed E-state index contributed by atoms with van der Waals surface area (Å²) in [6.45, 7) is 0. The highest BCUT2D eigenvalue weighted by Gasteiger charge is 2.48. The fourth-order valence-electron chi connectivity index (χ4n) is 13.9. The third-order valence-electron chi connectivity index (χ3n) is 17.7. The average molecular weight is 1150 g/mol. The van der Waals surface area contributed by atoms with Gasteiger partial charge < -0.3 is 24.2 Å². The quantitative estimate of drug-likeness (QED) is 0.102. The van der Waals surface area contributed by atoms with E-state index in [4.69, 9.17) is 0 Å². The van der Waals surface area contributed by atoms with Gasteiger partial charge in [0.1, 0.15) is 0 Å². The molecule has 0 atom stereocenters. The largest absolute Gasteiger partial charge is 0.310 e. The second kappa shape index (κ2) is 23.1. The molecule has 16 rings (SSSR count). The lowest BCUT2D eigenvalue weighted by atomic mass is 9.67. The summed E-state index contributed by atoms with van der Waals surface area (Å²) in [5.41, 5.74) is 21.7. The van der Waals surface area contributed by atoms with Gasteiger partial charge in [-0.15, -0.1) is 0 Å². The molecular formula is C85H61N5. The van der Waals surface area contributed by atoms with Crippen LogP contribution in [-0.4, -0.2) is 4.57 Å². The molecule has 0 N–H and O–H groups in total. The lowest BCUT2D eigenvalue weighted by Crippen LogP contribution is -2.30. The predicted molar refractivity (Wildman–Crippen MR) is 377 cm³/mol. The van der Waals surface area contributed by atoms with E-state index in [0.29, 0.717) is 0 Å². The topological polar surface area (TPSA) is 17.9 Å². The number of nitrogens with zero attached hydrogens (tertiary/aromatic N) is 5. The van der Waals surface area contributed by atoms with E-state index >= 15 is 0 Å². The highest BCUT2D eigenvalue weighted by atomic mass is 15.2. The molecule has 5 heteroatoms. The summed E-state index contributed by atoms with van der Waals surface area (Å²) in [5.74, 6) is 0. The van der Waals surface area contributed by atoms with E-state index in [2.05, 4.69) is 394 Å². The number of rotatable bonds is 15. The first kappa shape index (κ1) is 53.5. The Balaban J connectivity index is 1.11. The van der Waals surface area contributed by atoms with Crippen LogP contribution in [0, 0.1) is 0 Å². The van der Waals surface area contributed by atoms with Gasteiger partial charge in [-0.1, -0.05) is 206 Å². The maximum atomic E-state index is 2.56. The van der Waals surface area contributed by atoms with Crippen molar-refractivity contribution in [3.05, 3.63) is 392 Å². The fourth-order valence-corrected chi connectivity index (χ4v) is 13.9. The Morgan fingerprint density at radius 2 is 0.500 bits per heavy atom. The van der Waals surface area contributed by atoms with Crippen molar-refractivity contribution in [2.24, 2.45) is 0 Å². The van der Waals surface area contributed by atoms with E-state index in [-0.39, 0.29) is 0 Å². The normalized spacial score (nSPS) is 12.1. The number of hydrogen-bond donors (Lipinski definition) is 0. The minimum Gasteiger partial charge on any atom is -0.310 e. The molecular weight excluding hydrogens is 1090 g/mol. The van der Waals surface area contributed by atoms with E-state index in [1.165, 1.54) is 33.0 Å². The van der Waals surface area contributed by atoms with Crippen molar-refractivity contribution in [2.45, 2.75) is 5.41 Å². The van der Waals surface area contributed by atoms with Crippen LogP contribution in [0.2, 0.25) is 0 Å². The highest BCUT2D eigenvalue weighted by molar-refractivity contribution is 6.12. The highest BCUT2D eigenvalue weighted by Crippen LogP contribution is 2.60. The van der Waals surface area contributed by atoms with Crippen LogP contribution in [0.4, 0.5) is 68.2 Å². The molecule has 0 radical (unpaired) electrons. The Bertz CT molecular complexity index is 4410. The number of hydrogen-bond acceptors (Lipinski definition) is 4. The summed E-state index contributed by atoms with van der Waals surface area (Å²) in [5, 5.41) is 2.36. The Morgan fingerprint density at radius 1 is 0.200 bits per heavy atom. The molecule has 0 saturated heterocycles. The van der Waals surface area contributed by atoms with Gasteiger partial charge in [0.2, 0.25) is 0 Å². The summed E-state index contributed by atoms with van der Waals surface area (Å²) in [6.07, 6.45) is 0. The van der Waals surface area contributed by atoms with E-state index in [1.54, 1.807) is 0 Å². The summed E-state index contributed by atoms with van der Waals surface area (Å²) >= 11 is 0. The standard InChI is InChI=1S/C85H61N5/c1-10-32-64(33-11-1)86(65-34-12-2-13-35-65)73-54-62(55-74(58-73)87(66-36-14-3-15-37-66)67-38-16-4-17-39-67)85(81-52-30-28-50-77(81)79-61-84-80(60-82(79)85)78-51-29-31-53-83(78)90(84)72-48-26-9-27-49-72)63-56-75(88(68-40-18-5-19-41-68)69-42-20-6-21-43-69)59-76(57-63)89(70-44-22-7-23-45-70)71-46-24-8-25-47-71/h1-61H. The van der Waals surface area contributed by atoms with E-state index in [0.717, 1.165) is 96.1 Å². The van der Waals surface area contributed by atoms with Gasteiger partial charge in [0.25, 0.3) is 0 Å². The van der Waals surface area contributed by atoms with Gasteiger partial charge in [-0.05, 0) is 197 Å². The molecule has 0 aliphatic heterocycles. The fraction of sp³-hybridized carbons (Fsp3) is 0.0118. The first-order chi connectivity index (χ1) is 44.7. The number of benzene rings is 14. The zero-order valence-electron chi connectivity index (χ0n) is 49.5. The maximum Gasteiger partial charge on any atom is 0.0716 e. The molecule has 0 fully saturated rings. The van der Waals surface area contributed by atoms with Crippen molar-refractivity contribution < 1.29 is 0 Å². The molecule has 1 aliphatic rings.